The second kappa shape index (κ2) is 9.61. The average Bonchev–Trinajstić information content (AvgIpc) is 3.57. The lowest BCUT2D eigenvalue weighted by Crippen LogP contribution is -2.28. The first kappa shape index (κ1) is 24.9. The molecule has 5 rings (SSSR count). The van der Waals surface area contributed by atoms with Gasteiger partial charge < -0.3 is 30.2 Å². The summed E-state index contributed by atoms with van der Waals surface area (Å²) in [5, 5.41) is 18.7. The van der Waals surface area contributed by atoms with E-state index < -0.39 is 6.10 Å². The number of imidazole rings is 1. The van der Waals surface area contributed by atoms with E-state index in [0.717, 1.165) is 5.69 Å². The smallest absolute Gasteiger partial charge is 0.210 e. The third-order valence-electron chi connectivity index (χ3n) is 6.07. The fourth-order valence-corrected chi connectivity index (χ4v) is 4.46. The van der Waals surface area contributed by atoms with E-state index in [9.17, 15) is 5.11 Å². The van der Waals surface area contributed by atoms with Gasteiger partial charge in [-0.15, -0.1) is 0 Å². The molecule has 0 spiro atoms. The van der Waals surface area contributed by atoms with Crippen molar-refractivity contribution >= 4 is 40.3 Å². The molecule has 1 aliphatic heterocycles. The lowest BCUT2D eigenvalue weighted by Gasteiger charge is -2.24. The Bertz CT molecular complexity index is 1460. The van der Waals surface area contributed by atoms with Gasteiger partial charge in [-0.25, -0.2) is 9.97 Å². The van der Waals surface area contributed by atoms with Gasteiger partial charge in [-0.1, -0.05) is 32.4 Å². The van der Waals surface area contributed by atoms with Gasteiger partial charge in [0.1, 0.15) is 28.4 Å². The minimum absolute atomic E-state index is 0.212. The van der Waals surface area contributed by atoms with Gasteiger partial charge >= 0.3 is 0 Å². The number of aliphatic hydroxyl groups is 1. The zero-order valence-electron chi connectivity index (χ0n) is 20.9. The lowest BCUT2D eigenvalue weighted by atomic mass is 9.91. The number of nitrogens with two attached hydrogens (primary N) is 1. The van der Waals surface area contributed by atoms with Crippen molar-refractivity contribution in [3.05, 3.63) is 53.5 Å². The molecule has 12 nitrogen and oxygen atoms in total. The normalized spacial score (nSPS) is 18.5. The van der Waals surface area contributed by atoms with Crippen LogP contribution in [0.3, 0.4) is 0 Å². The van der Waals surface area contributed by atoms with Gasteiger partial charge in [0, 0.05) is 42.8 Å². The fourth-order valence-electron chi connectivity index (χ4n) is 4.16. The van der Waals surface area contributed by atoms with Crippen LogP contribution in [0, 0.1) is 0 Å². The number of aromatic nitrogens is 7. The largest absolute Gasteiger partial charge is 0.450 e. The van der Waals surface area contributed by atoms with Crippen LogP contribution in [-0.2, 0) is 17.2 Å². The molecule has 0 saturated carbocycles. The summed E-state index contributed by atoms with van der Waals surface area (Å²) in [6.45, 7) is 6.97. The second-order valence-corrected chi connectivity index (χ2v) is 10.1. The van der Waals surface area contributed by atoms with Gasteiger partial charge in [-0.05, 0) is 0 Å². The molecular weight excluding hydrogens is 498 g/mol. The van der Waals surface area contributed by atoms with Crippen LogP contribution in [0.4, 0.5) is 11.8 Å². The molecular formula is C24H28ClN9O3. The van der Waals surface area contributed by atoms with Gasteiger partial charge in [-0.3, -0.25) is 9.67 Å². The first-order valence-corrected chi connectivity index (χ1v) is 12.0. The van der Waals surface area contributed by atoms with E-state index in [1.165, 1.54) is 24.8 Å². The molecule has 0 aliphatic carbocycles. The number of rotatable bonds is 6. The van der Waals surface area contributed by atoms with Crippen LogP contribution in [0.5, 0.6) is 5.75 Å². The highest BCUT2D eigenvalue weighted by atomic mass is 35.5. The molecule has 37 heavy (non-hydrogen) atoms. The summed E-state index contributed by atoms with van der Waals surface area (Å²) in [6, 6.07) is 1.69. The van der Waals surface area contributed by atoms with Crippen LogP contribution in [0.2, 0.25) is 5.02 Å². The summed E-state index contributed by atoms with van der Waals surface area (Å²) in [7, 11) is 1.81. The highest BCUT2D eigenvalue weighted by Crippen LogP contribution is 2.36. The van der Waals surface area contributed by atoms with E-state index in [2.05, 4.69) is 46.0 Å². The van der Waals surface area contributed by atoms with Crippen molar-refractivity contribution in [3.63, 3.8) is 0 Å². The minimum atomic E-state index is -0.625. The molecule has 4 aromatic rings. The van der Waals surface area contributed by atoms with Gasteiger partial charge in [0.15, 0.2) is 23.0 Å². The van der Waals surface area contributed by atoms with Crippen molar-refractivity contribution in [1.82, 2.24) is 34.3 Å². The van der Waals surface area contributed by atoms with Crippen molar-refractivity contribution < 1.29 is 14.6 Å². The lowest BCUT2D eigenvalue weighted by molar-refractivity contribution is 0.117. The minimum Gasteiger partial charge on any atom is -0.450 e. The predicted octanol–water partition coefficient (Wildman–Crippen LogP) is 2.92. The first-order valence-electron chi connectivity index (χ1n) is 11.7. The quantitative estimate of drug-likeness (QED) is 0.320. The topological polar surface area (TPSA) is 151 Å². The number of nitrogens with zero attached hydrogens (tertiary/aromatic N) is 7. The van der Waals surface area contributed by atoms with Crippen molar-refractivity contribution in [2.45, 2.75) is 38.3 Å². The van der Waals surface area contributed by atoms with Crippen LogP contribution in [0.25, 0.3) is 16.9 Å². The number of anilines is 2. The molecule has 13 heteroatoms. The average molecular weight is 526 g/mol. The highest BCUT2D eigenvalue weighted by Gasteiger charge is 2.33. The van der Waals surface area contributed by atoms with Gasteiger partial charge in [0.25, 0.3) is 0 Å². The monoisotopic (exact) mass is 525 g/mol. The highest BCUT2D eigenvalue weighted by molar-refractivity contribution is 6.36. The number of pyridine rings is 1. The molecule has 2 atom stereocenters. The van der Waals surface area contributed by atoms with E-state index in [4.69, 9.17) is 31.9 Å². The Morgan fingerprint density at radius 1 is 1.27 bits per heavy atom. The maximum Gasteiger partial charge on any atom is 0.210 e. The predicted molar refractivity (Wildman–Crippen MR) is 138 cm³/mol. The number of halogens is 1. The summed E-state index contributed by atoms with van der Waals surface area (Å²) in [4.78, 5) is 17.3. The number of ether oxygens (including phenoxy) is 2. The van der Waals surface area contributed by atoms with Crippen LogP contribution < -0.4 is 15.8 Å². The number of hydrogen-bond donors (Lipinski definition) is 3. The Kier molecular flexibility index (Phi) is 6.48. The fraction of sp³-hybridized carbons (Fsp3) is 0.375. The maximum absolute atomic E-state index is 10.4. The summed E-state index contributed by atoms with van der Waals surface area (Å²) < 4.78 is 15.0. The standard InChI is InChI=1S/C24H28ClN9O3/c1-24(2,3)18-7-19(32-34(18)14-11-36-12-15(14)35)30-23-31-22-21(33(23)4)20(25)17(10-29-22)37-16(8-26)13-9-27-5-6-28-13/h5-10,14-15,35H,11-12,26H2,1-4H3,(H,29,30,31,32)/t14-,15-/m0/s1. The Hall–Kier alpha value is -3.74. The van der Waals surface area contributed by atoms with E-state index in [0.29, 0.717) is 46.0 Å². The van der Waals surface area contributed by atoms with Crippen molar-refractivity contribution in [3.8, 4) is 5.75 Å². The molecule has 0 amide bonds. The Morgan fingerprint density at radius 3 is 2.73 bits per heavy atom. The first-order chi connectivity index (χ1) is 17.7. The van der Waals surface area contributed by atoms with E-state index in [1.54, 1.807) is 10.8 Å². The summed E-state index contributed by atoms with van der Waals surface area (Å²) in [6.07, 6.45) is 6.77. The zero-order valence-corrected chi connectivity index (χ0v) is 21.6. The second-order valence-electron chi connectivity index (χ2n) is 9.73. The molecule has 4 aromatic heterocycles. The van der Waals surface area contributed by atoms with Crippen LogP contribution in [-0.4, -0.2) is 58.7 Å². The van der Waals surface area contributed by atoms with Crippen LogP contribution in [0.15, 0.2) is 37.1 Å². The van der Waals surface area contributed by atoms with Gasteiger partial charge in [0.2, 0.25) is 5.95 Å². The molecule has 4 N–H and O–H groups in total. The van der Waals surface area contributed by atoms with Crippen molar-refractivity contribution in [1.29, 1.82) is 0 Å². The summed E-state index contributed by atoms with van der Waals surface area (Å²) in [5.41, 5.74) is 7.95. The molecule has 0 bridgehead atoms. The number of fused-ring (bicyclic) bond motifs is 1. The Balaban J connectivity index is 1.47. The molecule has 194 valence electrons. The number of hydrogen-bond acceptors (Lipinski definition) is 10. The third kappa shape index (κ3) is 4.70. The molecule has 0 aromatic carbocycles. The summed E-state index contributed by atoms with van der Waals surface area (Å²) >= 11 is 6.72. The number of aryl methyl sites for hydroxylation is 1. The molecule has 1 fully saturated rings. The van der Waals surface area contributed by atoms with Gasteiger partial charge in [0.05, 0.1) is 25.6 Å². The molecule has 1 saturated heterocycles. The van der Waals surface area contributed by atoms with Crippen LogP contribution in [0.1, 0.15) is 38.2 Å². The number of aliphatic hydroxyl groups excluding tert-OH is 1. The Morgan fingerprint density at radius 2 is 2.08 bits per heavy atom. The number of nitrogens with one attached hydrogen (secondary N) is 1. The Labute approximate surface area is 218 Å². The van der Waals surface area contributed by atoms with Gasteiger partial charge in [-0.2, -0.15) is 10.1 Å². The SMILES string of the molecule is Cn1c(Nc2cc(C(C)(C)C)n([C@H]3COC[C@@H]3O)n2)nc2ncc(OC(=CN)c3cnccn3)c(Cl)c21. The molecule has 1 aliphatic rings. The third-order valence-corrected chi connectivity index (χ3v) is 6.44. The van der Waals surface area contributed by atoms with Crippen LogP contribution >= 0.6 is 11.6 Å². The molecule has 0 unspecified atom stereocenters. The van der Waals surface area contributed by atoms with E-state index >= 15 is 0 Å². The molecule has 5 heterocycles. The summed E-state index contributed by atoms with van der Waals surface area (Å²) in [5.74, 6) is 1.64. The zero-order chi connectivity index (χ0) is 26.3. The van der Waals surface area contributed by atoms with E-state index in [-0.39, 0.29) is 23.8 Å². The molecule has 0 radical (unpaired) electrons. The van der Waals surface area contributed by atoms with Crippen molar-refractivity contribution in [2.75, 3.05) is 18.5 Å². The van der Waals surface area contributed by atoms with E-state index in [1.807, 2.05) is 17.8 Å². The maximum atomic E-state index is 10.4. The van der Waals surface area contributed by atoms with Crippen molar-refractivity contribution in [2.24, 2.45) is 12.8 Å².